The number of amides is 3. The first-order valence-corrected chi connectivity index (χ1v) is 13.9. The summed E-state index contributed by atoms with van der Waals surface area (Å²) in [6, 6.07) is 4.74. The lowest BCUT2D eigenvalue weighted by molar-refractivity contribution is -0.142. The fraction of sp³-hybridized carbons (Fsp3) is 0.556. The number of nitrogens with two attached hydrogens (primary N) is 5. The highest BCUT2D eigenvalue weighted by Gasteiger charge is 2.31. The Morgan fingerprint density at radius 2 is 1.26 bits per heavy atom. The Labute approximate surface area is 246 Å². The van der Waals surface area contributed by atoms with Gasteiger partial charge in [0.25, 0.3) is 0 Å². The molecule has 5 unspecified atom stereocenters. The van der Waals surface area contributed by atoms with Crippen molar-refractivity contribution in [2.75, 3.05) is 13.1 Å². The fourth-order valence-corrected chi connectivity index (χ4v) is 3.92. The Balaban J connectivity index is 3.15. The van der Waals surface area contributed by atoms with Crippen LogP contribution in [0.3, 0.4) is 0 Å². The smallest absolute Gasteiger partial charge is 0.326 e. The van der Waals surface area contributed by atoms with E-state index in [-0.39, 0.29) is 56.6 Å². The van der Waals surface area contributed by atoms with Crippen LogP contribution in [-0.2, 0) is 25.6 Å². The number of benzene rings is 1. The lowest BCUT2D eigenvalue weighted by Crippen LogP contribution is -2.58. The van der Waals surface area contributed by atoms with Crippen LogP contribution in [0.25, 0.3) is 0 Å². The predicted octanol–water partition coefficient (Wildman–Crippen LogP) is -1.75. The number of hydrogen-bond donors (Lipinski definition) is 9. The Bertz CT molecular complexity index is 1070. The molecule has 15 nitrogen and oxygen atoms in total. The molecule has 0 saturated heterocycles. The first-order chi connectivity index (χ1) is 19.8. The SMILES string of the molecule is CCC(C)C(N)C(=O)NC(Cc1ccccc1)C(=O)NC(CCCN=C(N)N)C(=O)NC(CCCN=C(N)N)C(=O)O. The van der Waals surface area contributed by atoms with Crippen LogP contribution in [0.15, 0.2) is 40.3 Å². The second-order valence-electron chi connectivity index (χ2n) is 10.0. The standard InChI is InChI=1S/C27H46N10O5/c1-3-16(2)21(28)24(40)37-20(15-17-9-5-4-6-10-17)23(39)35-18(11-7-13-33-26(29)30)22(38)36-19(25(41)42)12-8-14-34-27(31)32/h4-6,9-10,16,18-21H,3,7-8,11-15,28H2,1-2H3,(H,35,39)(H,36,38)(H,37,40)(H,41,42)(H4,29,30,33)(H4,31,32,34). The number of nitrogens with zero attached hydrogens (tertiary/aromatic N) is 2. The highest BCUT2D eigenvalue weighted by Crippen LogP contribution is 2.09. The number of carbonyl (C=O) groups is 4. The molecular formula is C27H46N10O5. The number of aliphatic carboxylic acids is 1. The van der Waals surface area contributed by atoms with E-state index in [9.17, 15) is 24.3 Å². The van der Waals surface area contributed by atoms with Gasteiger partial charge < -0.3 is 49.7 Å². The highest BCUT2D eigenvalue weighted by atomic mass is 16.4. The zero-order chi connectivity index (χ0) is 31.7. The molecule has 0 saturated carbocycles. The summed E-state index contributed by atoms with van der Waals surface area (Å²) in [7, 11) is 0. The maximum Gasteiger partial charge on any atom is 0.326 e. The molecule has 1 aromatic carbocycles. The Kier molecular flexibility index (Phi) is 16.0. The van der Waals surface area contributed by atoms with E-state index in [1.165, 1.54) is 0 Å². The van der Waals surface area contributed by atoms with E-state index in [1.54, 1.807) is 24.3 Å². The second kappa shape index (κ2) is 18.9. The summed E-state index contributed by atoms with van der Waals surface area (Å²) < 4.78 is 0. The van der Waals surface area contributed by atoms with Crippen molar-refractivity contribution in [3.8, 4) is 0 Å². The van der Waals surface area contributed by atoms with Crippen molar-refractivity contribution in [3.05, 3.63) is 35.9 Å². The minimum Gasteiger partial charge on any atom is -0.480 e. The van der Waals surface area contributed by atoms with E-state index >= 15 is 0 Å². The molecule has 5 atom stereocenters. The predicted molar refractivity (Wildman–Crippen MR) is 161 cm³/mol. The van der Waals surface area contributed by atoms with Gasteiger partial charge in [-0.3, -0.25) is 24.4 Å². The third-order valence-electron chi connectivity index (χ3n) is 6.61. The molecule has 0 aliphatic heterocycles. The zero-order valence-electron chi connectivity index (χ0n) is 24.3. The van der Waals surface area contributed by atoms with Gasteiger partial charge in [-0.05, 0) is 37.2 Å². The lowest BCUT2D eigenvalue weighted by Gasteiger charge is -2.26. The molecule has 0 radical (unpaired) electrons. The number of aliphatic imine (C=N–C) groups is 2. The average molecular weight is 591 g/mol. The number of carbonyl (C=O) groups excluding carboxylic acids is 3. The molecule has 15 heteroatoms. The maximum atomic E-state index is 13.5. The minimum atomic E-state index is -1.26. The van der Waals surface area contributed by atoms with Gasteiger partial charge >= 0.3 is 5.97 Å². The lowest BCUT2D eigenvalue weighted by atomic mass is 9.98. The van der Waals surface area contributed by atoms with Crippen LogP contribution in [0.4, 0.5) is 0 Å². The van der Waals surface area contributed by atoms with Crippen LogP contribution in [0.1, 0.15) is 51.5 Å². The van der Waals surface area contributed by atoms with Crippen molar-refractivity contribution in [1.29, 1.82) is 0 Å². The Morgan fingerprint density at radius 1 is 0.786 bits per heavy atom. The van der Waals surface area contributed by atoms with Gasteiger partial charge in [0.05, 0.1) is 6.04 Å². The molecule has 1 aromatic rings. The topological polar surface area (TPSA) is 279 Å². The average Bonchev–Trinajstić information content (AvgIpc) is 2.94. The normalized spacial score (nSPS) is 14.3. The van der Waals surface area contributed by atoms with E-state index in [2.05, 4.69) is 25.9 Å². The number of hydrogen-bond acceptors (Lipinski definition) is 7. The van der Waals surface area contributed by atoms with Crippen molar-refractivity contribution in [1.82, 2.24) is 16.0 Å². The van der Waals surface area contributed by atoms with Gasteiger partial charge in [-0.15, -0.1) is 0 Å². The molecule has 0 aromatic heterocycles. The molecule has 14 N–H and O–H groups in total. The fourth-order valence-electron chi connectivity index (χ4n) is 3.92. The van der Waals surface area contributed by atoms with E-state index < -0.39 is 47.9 Å². The summed E-state index contributed by atoms with van der Waals surface area (Å²) in [4.78, 5) is 59.2. The molecule has 42 heavy (non-hydrogen) atoms. The maximum absolute atomic E-state index is 13.5. The quantitative estimate of drug-likeness (QED) is 0.0497. The molecule has 234 valence electrons. The molecular weight excluding hydrogens is 544 g/mol. The molecule has 0 spiro atoms. The summed E-state index contributed by atoms with van der Waals surface area (Å²) in [6.45, 7) is 4.10. The van der Waals surface area contributed by atoms with Crippen molar-refractivity contribution in [3.63, 3.8) is 0 Å². The summed E-state index contributed by atoms with van der Waals surface area (Å²) in [6.07, 6.45) is 1.53. The Hall–Kier alpha value is -4.40. The number of nitrogens with one attached hydrogen (secondary N) is 3. The third-order valence-corrected chi connectivity index (χ3v) is 6.61. The largest absolute Gasteiger partial charge is 0.480 e. The number of rotatable bonds is 19. The van der Waals surface area contributed by atoms with Crippen LogP contribution in [0.2, 0.25) is 0 Å². The minimum absolute atomic E-state index is 0.0483. The Morgan fingerprint density at radius 3 is 1.76 bits per heavy atom. The molecule has 0 heterocycles. The van der Waals surface area contributed by atoms with E-state index in [0.717, 1.165) is 5.56 Å². The first kappa shape index (κ1) is 35.6. The van der Waals surface area contributed by atoms with Gasteiger partial charge in [0.15, 0.2) is 11.9 Å². The van der Waals surface area contributed by atoms with Crippen LogP contribution in [-0.4, -0.2) is 78.0 Å². The van der Waals surface area contributed by atoms with Crippen LogP contribution >= 0.6 is 0 Å². The van der Waals surface area contributed by atoms with Crippen LogP contribution in [0.5, 0.6) is 0 Å². The van der Waals surface area contributed by atoms with Crippen LogP contribution in [0, 0.1) is 5.92 Å². The molecule has 0 bridgehead atoms. The summed E-state index contributed by atoms with van der Waals surface area (Å²) in [5, 5.41) is 17.5. The molecule has 0 fully saturated rings. The third kappa shape index (κ3) is 13.8. The van der Waals surface area contributed by atoms with Gasteiger partial charge in [0.2, 0.25) is 17.7 Å². The van der Waals surface area contributed by atoms with E-state index in [1.807, 2.05) is 19.9 Å². The van der Waals surface area contributed by atoms with Crippen molar-refractivity contribution in [2.24, 2.45) is 44.6 Å². The van der Waals surface area contributed by atoms with Gasteiger partial charge in [0.1, 0.15) is 18.1 Å². The van der Waals surface area contributed by atoms with Gasteiger partial charge in [0, 0.05) is 19.5 Å². The number of carboxylic acid groups (broad SMARTS) is 1. The molecule has 0 aliphatic carbocycles. The highest BCUT2D eigenvalue weighted by molar-refractivity contribution is 5.94. The van der Waals surface area contributed by atoms with E-state index in [0.29, 0.717) is 12.8 Å². The van der Waals surface area contributed by atoms with Crippen molar-refractivity contribution < 1.29 is 24.3 Å². The van der Waals surface area contributed by atoms with Gasteiger partial charge in [-0.1, -0.05) is 50.6 Å². The second-order valence-corrected chi connectivity index (χ2v) is 10.0. The van der Waals surface area contributed by atoms with Gasteiger partial charge in [-0.25, -0.2) is 4.79 Å². The number of carboxylic acids is 1. The van der Waals surface area contributed by atoms with E-state index in [4.69, 9.17) is 28.7 Å². The number of guanidine groups is 2. The summed E-state index contributed by atoms with van der Waals surface area (Å²) in [5.74, 6) is -3.49. The van der Waals surface area contributed by atoms with Crippen molar-refractivity contribution in [2.45, 2.75) is 76.5 Å². The zero-order valence-corrected chi connectivity index (χ0v) is 24.3. The van der Waals surface area contributed by atoms with Crippen molar-refractivity contribution >= 4 is 35.6 Å². The monoisotopic (exact) mass is 590 g/mol. The van der Waals surface area contributed by atoms with Gasteiger partial charge in [-0.2, -0.15) is 0 Å². The van der Waals surface area contributed by atoms with Crippen LogP contribution < -0.4 is 44.6 Å². The summed E-state index contributed by atoms with van der Waals surface area (Å²) >= 11 is 0. The molecule has 0 aliphatic rings. The summed E-state index contributed by atoms with van der Waals surface area (Å²) in [5.41, 5.74) is 28.2. The molecule has 3 amide bonds. The molecule has 1 rings (SSSR count). The first-order valence-electron chi connectivity index (χ1n) is 13.9.